The predicted octanol–water partition coefficient (Wildman–Crippen LogP) is 3.33. The van der Waals surface area contributed by atoms with Gasteiger partial charge in [0, 0.05) is 24.6 Å². The van der Waals surface area contributed by atoms with Gasteiger partial charge in [0.2, 0.25) is 0 Å². The van der Waals surface area contributed by atoms with Crippen LogP contribution in [0.4, 0.5) is 0 Å². The minimum atomic E-state index is -0.801. The summed E-state index contributed by atoms with van der Waals surface area (Å²) in [6.45, 7) is 1.47. The second kappa shape index (κ2) is 7.69. The summed E-state index contributed by atoms with van der Waals surface area (Å²) in [7, 11) is 0. The van der Waals surface area contributed by atoms with Crippen molar-refractivity contribution in [3.8, 4) is 5.75 Å². The average Bonchev–Trinajstić information content (AvgIpc) is 3.43. The van der Waals surface area contributed by atoms with Gasteiger partial charge in [0.15, 0.2) is 0 Å². The third-order valence-electron chi connectivity index (χ3n) is 4.86. The average molecular weight is 331 g/mol. The zero-order valence-corrected chi connectivity index (χ0v) is 13.9. The molecule has 0 spiro atoms. The Bertz CT molecular complexity index is 580. The van der Waals surface area contributed by atoms with E-state index in [1.807, 2.05) is 29.2 Å². The molecule has 1 saturated carbocycles. The van der Waals surface area contributed by atoms with E-state index in [1.165, 1.54) is 12.8 Å². The summed E-state index contributed by atoms with van der Waals surface area (Å²) < 4.78 is 5.71. The summed E-state index contributed by atoms with van der Waals surface area (Å²) in [6.07, 6.45) is 6.08. The Labute approximate surface area is 142 Å². The first kappa shape index (κ1) is 16.8. The highest BCUT2D eigenvalue weighted by atomic mass is 16.5. The van der Waals surface area contributed by atoms with E-state index in [4.69, 9.17) is 9.84 Å². The van der Waals surface area contributed by atoms with E-state index < -0.39 is 5.97 Å². The highest BCUT2D eigenvalue weighted by Crippen LogP contribution is 2.29. The van der Waals surface area contributed by atoms with Crippen LogP contribution in [-0.2, 0) is 4.79 Å². The van der Waals surface area contributed by atoms with Gasteiger partial charge in [-0.2, -0.15) is 0 Å². The van der Waals surface area contributed by atoms with Crippen molar-refractivity contribution in [1.82, 2.24) is 4.90 Å². The number of amides is 1. The van der Waals surface area contributed by atoms with Gasteiger partial charge < -0.3 is 14.7 Å². The summed E-state index contributed by atoms with van der Waals surface area (Å²) >= 11 is 0. The maximum atomic E-state index is 12.8. The molecule has 1 heterocycles. The second-order valence-electron chi connectivity index (χ2n) is 6.86. The Morgan fingerprint density at radius 1 is 1.12 bits per heavy atom. The van der Waals surface area contributed by atoms with Crippen molar-refractivity contribution >= 4 is 11.9 Å². The highest BCUT2D eigenvalue weighted by molar-refractivity contribution is 5.94. The smallest absolute Gasteiger partial charge is 0.303 e. The molecule has 0 bridgehead atoms. The fraction of sp³-hybridized carbons (Fsp3) is 0.579. The molecule has 1 saturated heterocycles. The third-order valence-corrected chi connectivity index (χ3v) is 4.86. The van der Waals surface area contributed by atoms with Crippen LogP contribution in [0.15, 0.2) is 24.3 Å². The van der Waals surface area contributed by atoms with Crippen molar-refractivity contribution in [1.29, 1.82) is 0 Å². The van der Waals surface area contributed by atoms with E-state index >= 15 is 0 Å². The highest BCUT2D eigenvalue weighted by Gasteiger charge is 2.28. The normalized spacial score (nSPS) is 20.7. The van der Waals surface area contributed by atoms with Crippen molar-refractivity contribution in [2.45, 2.75) is 51.0 Å². The molecule has 130 valence electrons. The van der Waals surface area contributed by atoms with Crippen LogP contribution in [0.1, 0.15) is 55.3 Å². The van der Waals surface area contributed by atoms with Crippen LogP contribution < -0.4 is 4.74 Å². The van der Waals surface area contributed by atoms with Crippen LogP contribution >= 0.6 is 0 Å². The topological polar surface area (TPSA) is 66.8 Å². The van der Waals surface area contributed by atoms with Gasteiger partial charge in [-0.1, -0.05) is 0 Å². The molecule has 5 nitrogen and oxygen atoms in total. The molecule has 3 rings (SSSR count). The monoisotopic (exact) mass is 331 g/mol. The molecule has 1 aliphatic heterocycles. The molecule has 0 aromatic heterocycles. The van der Waals surface area contributed by atoms with Crippen LogP contribution in [0, 0.1) is 5.92 Å². The quantitative estimate of drug-likeness (QED) is 0.832. The number of carbonyl (C=O) groups excluding carboxylic acids is 1. The fourth-order valence-electron chi connectivity index (χ4n) is 3.22. The summed E-state index contributed by atoms with van der Waals surface area (Å²) in [5.74, 6) is 0.707. The second-order valence-corrected chi connectivity index (χ2v) is 6.86. The van der Waals surface area contributed by atoms with Crippen LogP contribution in [0.2, 0.25) is 0 Å². The molecule has 1 amide bonds. The van der Waals surface area contributed by atoms with E-state index in [0.29, 0.717) is 24.4 Å². The van der Waals surface area contributed by atoms with Crippen molar-refractivity contribution < 1.29 is 19.4 Å². The Kier molecular flexibility index (Phi) is 5.38. The molecule has 24 heavy (non-hydrogen) atoms. The van der Waals surface area contributed by atoms with Gasteiger partial charge in [-0.05, 0) is 68.7 Å². The molecule has 1 aromatic rings. The number of rotatable bonds is 7. The lowest BCUT2D eigenvalue weighted by molar-refractivity contribution is -0.137. The van der Waals surface area contributed by atoms with Gasteiger partial charge in [0.1, 0.15) is 5.75 Å². The first-order valence-electron chi connectivity index (χ1n) is 8.89. The first-order valence-corrected chi connectivity index (χ1v) is 8.89. The molecule has 5 heteroatoms. The summed E-state index contributed by atoms with van der Waals surface area (Å²) in [5.41, 5.74) is 0.649. The van der Waals surface area contributed by atoms with Crippen molar-refractivity contribution in [2.24, 2.45) is 5.92 Å². The van der Waals surface area contributed by atoms with Gasteiger partial charge in [-0.3, -0.25) is 9.59 Å². The van der Waals surface area contributed by atoms with E-state index in [2.05, 4.69) is 0 Å². The molecule has 1 aliphatic carbocycles. The number of nitrogens with zero attached hydrogens (tertiary/aromatic N) is 1. The Hall–Kier alpha value is -2.04. The number of piperidine rings is 1. The zero-order valence-electron chi connectivity index (χ0n) is 13.9. The van der Waals surface area contributed by atoms with E-state index in [0.717, 1.165) is 31.6 Å². The summed E-state index contributed by atoms with van der Waals surface area (Å²) in [4.78, 5) is 25.5. The van der Waals surface area contributed by atoms with Crippen molar-refractivity contribution in [3.05, 3.63) is 29.8 Å². The third kappa shape index (κ3) is 4.49. The lowest BCUT2D eigenvalue weighted by atomic mass is 9.97. The number of hydrogen-bond acceptors (Lipinski definition) is 3. The lowest BCUT2D eigenvalue weighted by Crippen LogP contribution is -2.43. The summed E-state index contributed by atoms with van der Waals surface area (Å²) in [6, 6.07) is 7.37. The maximum absolute atomic E-state index is 12.8. The molecule has 1 unspecified atom stereocenters. The number of hydrogen-bond donors (Lipinski definition) is 1. The Morgan fingerprint density at radius 3 is 2.54 bits per heavy atom. The first-order chi connectivity index (χ1) is 11.6. The van der Waals surface area contributed by atoms with Crippen LogP contribution in [-0.4, -0.2) is 41.1 Å². The molecule has 1 atom stereocenters. The largest absolute Gasteiger partial charge is 0.493 e. The molecule has 1 aromatic carbocycles. The number of carboxylic acid groups (broad SMARTS) is 1. The number of likely N-dealkylation sites (tertiary alicyclic amines) is 1. The number of ether oxygens (including phenoxy) is 1. The molecule has 0 radical (unpaired) electrons. The summed E-state index contributed by atoms with van der Waals surface area (Å²) in [5, 5.41) is 8.89. The standard InChI is InChI=1S/C19H25NO4/c21-18(22)11-8-16-3-1-2-12-20(16)19(23)15-6-9-17(10-7-15)24-13-14-4-5-14/h6-7,9-10,14,16H,1-5,8,11-13H2,(H,21,22). The van der Waals surface area contributed by atoms with Crippen LogP contribution in [0.25, 0.3) is 0 Å². The van der Waals surface area contributed by atoms with Gasteiger partial charge in [0.25, 0.3) is 5.91 Å². The molecular formula is C19H25NO4. The molecule has 2 fully saturated rings. The molecular weight excluding hydrogens is 306 g/mol. The number of benzene rings is 1. The number of aliphatic carboxylic acids is 1. The Balaban J connectivity index is 1.60. The zero-order chi connectivity index (χ0) is 16.9. The minimum absolute atomic E-state index is 0.00108. The van der Waals surface area contributed by atoms with Crippen LogP contribution in [0.3, 0.4) is 0 Å². The lowest BCUT2D eigenvalue weighted by Gasteiger charge is -2.35. The Morgan fingerprint density at radius 2 is 1.88 bits per heavy atom. The van der Waals surface area contributed by atoms with Crippen molar-refractivity contribution in [3.63, 3.8) is 0 Å². The van der Waals surface area contributed by atoms with Gasteiger partial charge in [-0.25, -0.2) is 0 Å². The molecule has 1 N–H and O–H groups in total. The van der Waals surface area contributed by atoms with Crippen molar-refractivity contribution in [2.75, 3.05) is 13.2 Å². The fourth-order valence-corrected chi connectivity index (χ4v) is 3.22. The number of carbonyl (C=O) groups is 2. The maximum Gasteiger partial charge on any atom is 0.303 e. The van der Waals surface area contributed by atoms with Gasteiger partial charge in [0.05, 0.1) is 6.61 Å². The minimum Gasteiger partial charge on any atom is -0.493 e. The number of carboxylic acids is 1. The van der Waals surface area contributed by atoms with E-state index in [9.17, 15) is 9.59 Å². The SMILES string of the molecule is O=C(O)CCC1CCCCN1C(=O)c1ccc(OCC2CC2)cc1. The predicted molar refractivity (Wildman–Crippen MR) is 90.2 cm³/mol. The van der Waals surface area contributed by atoms with Gasteiger partial charge in [-0.15, -0.1) is 0 Å². The molecule has 2 aliphatic rings. The van der Waals surface area contributed by atoms with Crippen LogP contribution in [0.5, 0.6) is 5.75 Å². The van der Waals surface area contributed by atoms with E-state index in [-0.39, 0.29) is 18.4 Å². The van der Waals surface area contributed by atoms with Gasteiger partial charge >= 0.3 is 5.97 Å². The van der Waals surface area contributed by atoms with E-state index in [1.54, 1.807) is 0 Å².